The summed E-state index contributed by atoms with van der Waals surface area (Å²) in [5.74, 6) is -0.934. The van der Waals surface area contributed by atoms with Crippen molar-refractivity contribution in [2.45, 2.75) is 57.4 Å². The molecule has 0 bridgehead atoms. The molecule has 0 aromatic carbocycles. The number of carbonyl (C=O) groups is 2. The standard InChI is InChI=1S/C14H20N2O4/c1-9(2)11-10(15-8-20-11)12(17)16-14(13(18)19)6-4-3-5-7-14/h8-9H,3-7H2,1-2H3,(H,16,17)(H,18,19). The molecule has 1 fully saturated rings. The molecule has 1 saturated carbocycles. The Morgan fingerprint density at radius 2 is 2.00 bits per heavy atom. The van der Waals surface area contributed by atoms with E-state index in [-0.39, 0.29) is 11.6 Å². The van der Waals surface area contributed by atoms with Crippen molar-refractivity contribution in [2.24, 2.45) is 0 Å². The van der Waals surface area contributed by atoms with Gasteiger partial charge in [0.2, 0.25) is 0 Å². The van der Waals surface area contributed by atoms with E-state index < -0.39 is 17.4 Å². The summed E-state index contributed by atoms with van der Waals surface area (Å²) in [5.41, 5.74) is -0.978. The smallest absolute Gasteiger partial charge is 0.329 e. The van der Waals surface area contributed by atoms with Gasteiger partial charge in [0.1, 0.15) is 11.3 Å². The lowest BCUT2D eigenvalue weighted by Crippen LogP contribution is -2.55. The summed E-state index contributed by atoms with van der Waals surface area (Å²) >= 11 is 0. The van der Waals surface area contributed by atoms with Gasteiger partial charge in [0.15, 0.2) is 12.1 Å². The third kappa shape index (κ3) is 2.69. The van der Waals surface area contributed by atoms with Crippen LogP contribution in [0.25, 0.3) is 0 Å². The monoisotopic (exact) mass is 280 g/mol. The van der Waals surface area contributed by atoms with Gasteiger partial charge in [-0.1, -0.05) is 33.1 Å². The number of rotatable bonds is 4. The highest BCUT2D eigenvalue weighted by Crippen LogP contribution is 2.29. The summed E-state index contributed by atoms with van der Waals surface area (Å²) in [6.45, 7) is 3.79. The molecular formula is C14H20N2O4. The van der Waals surface area contributed by atoms with Crippen LogP contribution < -0.4 is 5.32 Å². The van der Waals surface area contributed by atoms with Crippen molar-refractivity contribution in [3.05, 3.63) is 17.8 Å². The molecule has 110 valence electrons. The second-order valence-corrected chi connectivity index (χ2v) is 5.62. The first-order valence-electron chi connectivity index (χ1n) is 6.95. The summed E-state index contributed by atoms with van der Waals surface area (Å²) in [6.07, 6.45) is 4.77. The van der Waals surface area contributed by atoms with E-state index in [2.05, 4.69) is 10.3 Å². The van der Waals surface area contributed by atoms with Crippen molar-refractivity contribution in [1.29, 1.82) is 0 Å². The number of carbonyl (C=O) groups excluding carboxylic acids is 1. The van der Waals surface area contributed by atoms with E-state index in [1.54, 1.807) is 0 Å². The quantitative estimate of drug-likeness (QED) is 0.883. The first kappa shape index (κ1) is 14.6. The minimum atomic E-state index is -1.16. The molecule has 0 spiro atoms. The van der Waals surface area contributed by atoms with Crippen LogP contribution in [-0.4, -0.2) is 27.5 Å². The zero-order chi connectivity index (χ0) is 14.8. The number of amides is 1. The molecule has 1 amide bonds. The molecule has 6 nitrogen and oxygen atoms in total. The highest BCUT2D eigenvalue weighted by Gasteiger charge is 2.41. The topological polar surface area (TPSA) is 92.4 Å². The molecular weight excluding hydrogens is 260 g/mol. The Hall–Kier alpha value is -1.85. The van der Waals surface area contributed by atoms with Gasteiger partial charge in [0.05, 0.1) is 0 Å². The van der Waals surface area contributed by atoms with E-state index in [1.165, 1.54) is 6.39 Å². The Labute approximate surface area is 117 Å². The van der Waals surface area contributed by atoms with Crippen molar-refractivity contribution < 1.29 is 19.1 Å². The highest BCUT2D eigenvalue weighted by atomic mass is 16.4. The van der Waals surface area contributed by atoms with Gasteiger partial charge in [-0.25, -0.2) is 9.78 Å². The molecule has 0 aliphatic heterocycles. The summed E-state index contributed by atoms with van der Waals surface area (Å²) in [6, 6.07) is 0. The van der Waals surface area contributed by atoms with E-state index in [0.717, 1.165) is 19.3 Å². The Morgan fingerprint density at radius 3 is 2.55 bits per heavy atom. The van der Waals surface area contributed by atoms with Gasteiger partial charge < -0.3 is 14.8 Å². The Kier molecular flexibility index (Phi) is 4.11. The van der Waals surface area contributed by atoms with Crippen LogP contribution in [0.4, 0.5) is 0 Å². The Bertz CT molecular complexity index is 501. The number of nitrogens with zero attached hydrogens (tertiary/aromatic N) is 1. The molecule has 1 heterocycles. The molecule has 1 aromatic rings. The second kappa shape index (κ2) is 5.64. The van der Waals surface area contributed by atoms with Crippen molar-refractivity contribution in [3.63, 3.8) is 0 Å². The maximum Gasteiger partial charge on any atom is 0.329 e. The average Bonchev–Trinajstić information content (AvgIpc) is 2.89. The van der Waals surface area contributed by atoms with Crippen LogP contribution in [0.2, 0.25) is 0 Å². The van der Waals surface area contributed by atoms with Crippen molar-refractivity contribution in [1.82, 2.24) is 10.3 Å². The van der Waals surface area contributed by atoms with Crippen LogP contribution in [0.5, 0.6) is 0 Å². The van der Waals surface area contributed by atoms with Crippen LogP contribution in [0, 0.1) is 0 Å². The SMILES string of the molecule is CC(C)c1ocnc1C(=O)NC1(C(=O)O)CCCCC1. The Morgan fingerprint density at radius 1 is 1.35 bits per heavy atom. The maximum absolute atomic E-state index is 12.3. The first-order chi connectivity index (χ1) is 9.46. The van der Waals surface area contributed by atoms with Crippen molar-refractivity contribution >= 4 is 11.9 Å². The fraction of sp³-hybridized carbons (Fsp3) is 0.643. The van der Waals surface area contributed by atoms with Gasteiger partial charge in [0.25, 0.3) is 5.91 Å². The average molecular weight is 280 g/mol. The molecule has 0 saturated heterocycles. The van der Waals surface area contributed by atoms with E-state index in [4.69, 9.17) is 4.42 Å². The van der Waals surface area contributed by atoms with E-state index >= 15 is 0 Å². The number of carboxylic acids is 1. The highest BCUT2D eigenvalue weighted by molar-refractivity contribution is 5.97. The second-order valence-electron chi connectivity index (χ2n) is 5.62. The lowest BCUT2D eigenvalue weighted by molar-refractivity contribution is -0.145. The van der Waals surface area contributed by atoms with Crippen LogP contribution in [0.15, 0.2) is 10.8 Å². The van der Waals surface area contributed by atoms with Gasteiger partial charge in [-0.3, -0.25) is 4.79 Å². The molecule has 0 radical (unpaired) electrons. The molecule has 20 heavy (non-hydrogen) atoms. The van der Waals surface area contributed by atoms with Gasteiger partial charge in [-0.05, 0) is 12.8 Å². The van der Waals surface area contributed by atoms with Gasteiger partial charge in [-0.2, -0.15) is 0 Å². The summed E-state index contributed by atoms with van der Waals surface area (Å²) < 4.78 is 5.21. The van der Waals surface area contributed by atoms with Crippen molar-refractivity contribution in [3.8, 4) is 0 Å². The zero-order valence-electron chi connectivity index (χ0n) is 11.8. The van der Waals surface area contributed by atoms with Crippen molar-refractivity contribution in [2.75, 3.05) is 0 Å². The predicted octanol–water partition coefficient (Wildman–Crippen LogP) is 2.32. The molecule has 6 heteroatoms. The van der Waals surface area contributed by atoms with E-state index in [1.807, 2.05) is 13.8 Å². The third-order valence-corrected chi connectivity index (χ3v) is 3.80. The van der Waals surface area contributed by atoms with Crippen LogP contribution in [0.1, 0.15) is 68.1 Å². The first-order valence-corrected chi connectivity index (χ1v) is 6.95. The number of aromatic nitrogens is 1. The lowest BCUT2D eigenvalue weighted by atomic mass is 9.81. The number of hydrogen-bond acceptors (Lipinski definition) is 4. The summed E-state index contributed by atoms with van der Waals surface area (Å²) in [4.78, 5) is 27.8. The van der Waals surface area contributed by atoms with E-state index in [9.17, 15) is 14.7 Å². The largest absolute Gasteiger partial charge is 0.480 e. The molecule has 1 aromatic heterocycles. The number of nitrogens with one attached hydrogen (secondary N) is 1. The molecule has 1 aliphatic rings. The summed E-state index contributed by atoms with van der Waals surface area (Å²) in [5, 5.41) is 12.1. The minimum absolute atomic E-state index is 0.0189. The number of aliphatic carboxylic acids is 1. The fourth-order valence-electron chi connectivity index (χ4n) is 2.66. The predicted molar refractivity (Wildman–Crippen MR) is 71.5 cm³/mol. The van der Waals surface area contributed by atoms with Gasteiger partial charge in [-0.15, -0.1) is 0 Å². The number of oxazole rings is 1. The molecule has 0 unspecified atom stereocenters. The minimum Gasteiger partial charge on any atom is -0.480 e. The molecule has 2 N–H and O–H groups in total. The maximum atomic E-state index is 12.3. The molecule has 2 rings (SSSR count). The lowest BCUT2D eigenvalue weighted by Gasteiger charge is -2.33. The van der Waals surface area contributed by atoms with E-state index in [0.29, 0.717) is 18.6 Å². The molecule has 0 atom stereocenters. The Balaban J connectivity index is 2.20. The van der Waals surface area contributed by atoms with Crippen LogP contribution in [-0.2, 0) is 4.79 Å². The molecule has 1 aliphatic carbocycles. The summed E-state index contributed by atoms with van der Waals surface area (Å²) in [7, 11) is 0. The van der Waals surface area contributed by atoms with Crippen LogP contribution >= 0.6 is 0 Å². The zero-order valence-corrected chi connectivity index (χ0v) is 11.8. The third-order valence-electron chi connectivity index (χ3n) is 3.80. The fourth-order valence-corrected chi connectivity index (χ4v) is 2.66. The number of hydrogen-bond donors (Lipinski definition) is 2. The van der Waals surface area contributed by atoms with Gasteiger partial charge >= 0.3 is 5.97 Å². The normalized spacial score (nSPS) is 17.9. The van der Waals surface area contributed by atoms with Crippen LogP contribution in [0.3, 0.4) is 0 Å². The van der Waals surface area contributed by atoms with Gasteiger partial charge in [0, 0.05) is 5.92 Å². The number of carboxylic acid groups (broad SMARTS) is 1.